The fraction of sp³-hybridized carbons (Fsp3) is 0.550. The third-order valence-corrected chi connectivity index (χ3v) is 4.91. The molecule has 1 aliphatic rings. The topological polar surface area (TPSA) is 87.3 Å². The largest absolute Gasteiger partial charge is 0.345 e. The van der Waals surface area contributed by atoms with Crippen molar-refractivity contribution in [2.24, 2.45) is 0 Å². The van der Waals surface area contributed by atoms with Gasteiger partial charge in [0.1, 0.15) is 5.54 Å². The molecular formula is C20H29N3O3. The molecule has 6 nitrogen and oxygen atoms in total. The highest BCUT2D eigenvalue weighted by molar-refractivity contribution is 5.98. The zero-order chi connectivity index (χ0) is 19.3. The molecule has 3 N–H and O–H groups in total. The Morgan fingerprint density at radius 3 is 2.12 bits per heavy atom. The molecule has 2 rings (SSSR count). The van der Waals surface area contributed by atoms with E-state index in [2.05, 4.69) is 16.0 Å². The van der Waals surface area contributed by atoms with E-state index in [1.165, 1.54) is 6.92 Å². The first kappa shape index (κ1) is 19.9. The molecular weight excluding hydrogens is 330 g/mol. The van der Waals surface area contributed by atoms with Crippen LogP contribution in [0.5, 0.6) is 0 Å². The maximum absolute atomic E-state index is 12.7. The number of hydrogen-bond donors (Lipinski definition) is 3. The lowest BCUT2D eigenvalue weighted by Gasteiger charge is -2.36. The van der Waals surface area contributed by atoms with E-state index in [9.17, 15) is 14.4 Å². The highest BCUT2D eigenvalue weighted by Crippen LogP contribution is 2.28. The highest BCUT2D eigenvalue weighted by Gasteiger charge is 2.40. The predicted octanol–water partition coefficient (Wildman–Crippen LogP) is 2.51. The highest BCUT2D eigenvalue weighted by atomic mass is 16.2. The molecule has 3 amide bonds. The summed E-state index contributed by atoms with van der Waals surface area (Å²) in [6.45, 7) is 7.20. The molecule has 1 fully saturated rings. The lowest BCUT2D eigenvalue weighted by atomic mass is 9.80. The van der Waals surface area contributed by atoms with Gasteiger partial charge < -0.3 is 16.0 Å². The van der Waals surface area contributed by atoms with Crippen molar-refractivity contribution < 1.29 is 14.4 Å². The van der Waals surface area contributed by atoms with Crippen LogP contribution in [-0.2, 0) is 14.4 Å². The SMILES string of the molecule is CC(=O)NC1(C(=O)NCC(=O)Nc2c(C)cc(C)cc2C)CCCCC1. The van der Waals surface area contributed by atoms with Crippen molar-refractivity contribution in [1.82, 2.24) is 10.6 Å². The number of amides is 3. The monoisotopic (exact) mass is 359 g/mol. The van der Waals surface area contributed by atoms with Crippen LogP contribution in [-0.4, -0.2) is 29.8 Å². The molecule has 1 aromatic rings. The molecule has 0 spiro atoms. The molecule has 0 aromatic heterocycles. The molecule has 26 heavy (non-hydrogen) atoms. The number of carbonyl (C=O) groups excluding carboxylic acids is 3. The molecule has 0 unspecified atom stereocenters. The summed E-state index contributed by atoms with van der Waals surface area (Å²) in [4.78, 5) is 36.5. The zero-order valence-electron chi connectivity index (χ0n) is 16.1. The lowest BCUT2D eigenvalue weighted by molar-refractivity contribution is -0.135. The molecule has 1 saturated carbocycles. The van der Waals surface area contributed by atoms with Gasteiger partial charge in [0.15, 0.2) is 0 Å². The summed E-state index contributed by atoms with van der Waals surface area (Å²) in [6.07, 6.45) is 4.05. The number of hydrogen-bond acceptors (Lipinski definition) is 3. The van der Waals surface area contributed by atoms with Gasteiger partial charge in [0.2, 0.25) is 17.7 Å². The van der Waals surface area contributed by atoms with Crippen molar-refractivity contribution in [3.05, 3.63) is 28.8 Å². The maximum Gasteiger partial charge on any atom is 0.246 e. The van der Waals surface area contributed by atoms with Gasteiger partial charge in [-0.3, -0.25) is 14.4 Å². The number of anilines is 1. The summed E-state index contributed by atoms with van der Waals surface area (Å²) in [5.74, 6) is -0.778. The smallest absolute Gasteiger partial charge is 0.246 e. The number of nitrogens with one attached hydrogen (secondary N) is 3. The van der Waals surface area contributed by atoms with Crippen LogP contribution >= 0.6 is 0 Å². The summed E-state index contributed by atoms with van der Waals surface area (Å²) in [5.41, 5.74) is 3.01. The van der Waals surface area contributed by atoms with Crippen molar-refractivity contribution in [3.63, 3.8) is 0 Å². The molecule has 0 aliphatic heterocycles. The van der Waals surface area contributed by atoms with Crippen LogP contribution in [0.4, 0.5) is 5.69 Å². The minimum absolute atomic E-state index is 0.118. The zero-order valence-corrected chi connectivity index (χ0v) is 16.1. The molecule has 0 atom stereocenters. The maximum atomic E-state index is 12.7. The van der Waals surface area contributed by atoms with Crippen LogP contribution in [0.15, 0.2) is 12.1 Å². The Morgan fingerprint density at radius 2 is 1.58 bits per heavy atom. The summed E-state index contributed by atoms with van der Waals surface area (Å²) < 4.78 is 0. The Bertz CT molecular complexity index is 683. The van der Waals surface area contributed by atoms with Crippen LogP contribution in [0.25, 0.3) is 0 Å². The van der Waals surface area contributed by atoms with Crippen molar-refractivity contribution in [3.8, 4) is 0 Å². The quantitative estimate of drug-likeness (QED) is 0.755. The molecule has 0 radical (unpaired) electrons. The van der Waals surface area contributed by atoms with Crippen molar-refractivity contribution in [2.45, 2.75) is 65.3 Å². The Kier molecular flexibility index (Phi) is 6.40. The molecule has 0 saturated heterocycles. The van der Waals surface area contributed by atoms with Crippen molar-refractivity contribution >= 4 is 23.4 Å². The van der Waals surface area contributed by atoms with E-state index in [1.54, 1.807) is 0 Å². The van der Waals surface area contributed by atoms with Gasteiger partial charge in [-0.25, -0.2) is 0 Å². The minimum Gasteiger partial charge on any atom is -0.345 e. The van der Waals surface area contributed by atoms with E-state index < -0.39 is 5.54 Å². The minimum atomic E-state index is -0.889. The molecule has 1 aliphatic carbocycles. The van der Waals surface area contributed by atoms with Crippen molar-refractivity contribution in [2.75, 3.05) is 11.9 Å². The molecule has 6 heteroatoms. The lowest BCUT2D eigenvalue weighted by Crippen LogP contribution is -2.60. The fourth-order valence-corrected chi connectivity index (χ4v) is 3.79. The number of rotatable bonds is 5. The van der Waals surface area contributed by atoms with Gasteiger partial charge in [-0.2, -0.15) is 0 Å². The third-order valence-electron chi connectivity index (χ3n) is 4.91. The average Bonchev–Trinajstić information content (AvgIpc) is 2.56. The first-order chi connectivity index (χ1) is 12.2. The number of benzene rings is 1. The predicted molar refractivity (Wildman–Crippen MR) is 102 cm³/mol. The molecule has 0 bridgehead atoms. The van der Waals surface area contributed by atoms with E-state index >= 15 is 0 Å². The normalized spacial score (nSPS) is 15.8. The molecule has 1 aromatic carbocycles. The van der Waals surface area contributed by atoms with Crippen LogP contribution in [0.3, 0.4) is 0 Å². The molecule has 142 valence electrons. The first-order valence-corrected chi connectivity index (χ1v) is 9.18. The van der Waals surface area contributed by atoms with E-state index in [0.29, 0.717) is 12.8 Å². The second-order valence-corrected chi connectivity index (χ2v) is 7.33. The Morgan fingerprint density at radius 1 is 1.00 bits per heavy atom. The fourth-order valence-electron chi connectivity index (χ4n) is 3.79. The standard InChI is InChI=1S/C20H29N3O3/c1-13-10-14(2)18(15(3)11-13)22-17(25)12-21-19(26)20(23-16(4)24)8-6-5-7-9-20/h10-11H,5-9,12H2,1-4H3,(H,21,26)(H,22,25)(H,23,24). The van der Waals surface area contributed by atoms with E-state index in [-0.39, 0.29) is 24.3 Å². The summed E-state index contributed by atoms with van der Waals surface area (Å²) in [5, 5.41) is 8.39. The third kappa shape index (κ3) is 4.84. The average molecular weight is 359 g/mol. The second-order valence-electron chi connectivity index (χ2n) is 7.33. The van der Waals surface area contributed by atoms with Crippen LogP contribution in [0, 0.1) is 20.8 Å². The van der Waals surface area contributed by atoms with Crippen LogP contribution in [0.2, 0.25) is 0 Å². The van der Waals surface area contributed by atoms with E-state index in [0.717, 1.165) is 41.6 Å². The van der Waals surface area contributed by atoms with Gasteiger partial charge in [-0.15, -0.1) is 0 Å². The van der Waals surface area contributed by atoms with Gasteiger partial charge in [-0.05, 0) is 44.7 Å². The van der Waals surface area contributed by atoms with Crippen LogP contribution in [0.1, 0.15) is 55.7 Å². The van der Waals surface area contributed by atoms with Crippen LogP contribution < -0.4 is 16.0 Å². The van der Waals surface area contributed by atoms with Gasteiger partial charge in [-0.1, -0.05) is 37.0 Å². The van der Waals surface area contributed by atoms with Gasteiger partial charge >= 0.3 is 0 Å². The summed E-state index contributed by atoms with van der Waals surface area (Å²) in [6, 6.07) is 4.02. The summed E-state index contributed by atoms with van der Waals surface area (Å²) in [7, 11) is 0. The van der Waals surface area contributed by atoms with E-state index in [4.69, 9.17) is 0 Å². The second kappa shape index (κ2) is 8.34. The summed E-state index contributed by atoms with van der Waals surface area (Å²) >= 11 is 0. The van der Waals surface area contributed by atoms with Gasteiger partial charge in [0, 0.05) is 12.6 Å². The number of carbonyl (C=O) groups is 3. The van der Waals surface area contributed by atoms with Gasteiger partial charge in [0.05, 0.1) is 6.54 Å². The van der Waals surface area contributed by atoms with Gasteiger partial charge in [0.25, 0.3) is 0 Å². The Hall–Kier alpha value is -2.37. The Balaban J connectivity index is 1.99. The Labute approximate surface area is 155 Å². The van der Waals surface area contributed by atoms with Crippen molar-refractivity contribution in [1.29, 1.82) is 0 Å². The first-order valence-electron chi connectivity index (χ1n) is 9.18. The molecule has 0 heterocycles. The van der Waals surface area contributed by atoms with E-state index in [1.807, 2.05) is 32.9 Å². The number of aryl methyl sites for hydroxylation is 3.